The number of ether oxygens (including phenoxy) is 1. The molecule has 0 saturated carbocycles. The van der Waals surface area contributed by atoms with Crippen LogP contribution in [0.5, 0.6) is 5.75 Å². The van der Waals surface area contributed by atoms with Crippen molar-refractivity contribution >= 4 is 11.8 Å². The van der Waals surface area contributed by atoms with Crippen molar-refractivity contribution in [1.29, 1.82) is 0 Å². The van der Waals surface area contributed by atoms with Gasteiger partial charge in [0.05, 0.1) is 11.5 Å². The Labute approximate surface area is 137 Å². The molecule has 0 bridgehead atoms. The number of halogens is 3. The number of hydrogen-bond acceptors (Lipinski definition) is 3. The van der Waals surface area contributed by atoms with E-state index in [1.54, 1.807) is 0 Å². The number of carbonyl (C=O) groups excluding carboxylic acids is 2. The Morgan fingerprint density at radius 2 is 1.88 bits per heavy atom. The minimum absolute atomic E-state index is 0.0377. The highest BCUT2D eigenvalue weighted by atomic mass is 19.4. The van der Waals surface area contributed by atoms with E-state index < -0.39 is 17.6 Å². The Hall–Kier alpha value is -2.25. The first-order chi connectivity index (χ1) is 11.2. The van der Waals surface area contributed by atoms with E-state index in [0.717, 1.165) is 12.1 Å². The Morgan fingerprint density at radius 3 is 2.42 bits per heavy atom. The average Bonchev–Trinajstić information content (AvgIpc) is 2.52. The van der Waals surface area contributed by atoms with E-state index in [1.807, 2.05) is 6.92 Å². The lowest BCUT2D eigenvalue weighted by atomic mass is 9.93. The molecule has 1 heterocycles. The SMILES string of the molecule is C[C@H]1CC[C@@H](C(N)=O)CN1C(=O)COc1ccc(C(F)(F)F)cc1. The number of hydrogen-bond donors (Lipinski definition) is 1. The summed E-state index contributed by atoms with van der Waals surface area (Å²) in [5.74, 6) is -0.972. The molecular weight excluding hydrogens is 325 g/mol. The second-order valence-electron chi connectivity index (χ2n) is 5.88. The van der Waals surface area contributed by atoms with Gasteiger partial charge in [-0.1, -0.05) is 0 Å². The summed E-state index contributed by atoms with van der Waals surface area (Å²) in [5, 5.41) is 0. The van der Waals surface area contributed by atoms with Crippen molar-refractivity contribution in [3.05, 3.63) is 29.8 Å². The number of alkyl halides is 3. The maximum Gasteiger partial charge on any atom is 0.416 e. The van der Waals surface area contributed by atoms with Crippen molar-refractivity contribution in [3.8, 4) is 5.75 Å². The molecule has 1 aliphatic rings. The zero-order valence-electron chi connectivity index (χ0n) is 13.2. The van der Waals surface area contributed by atoms with Crippen molar-refractivity contribution in [1.82, 2.24) is 4.90 Å². The van der Waals surface area contributed by atoms with Gasteiger partial charge in [0.2, 0.25) is 5.91 Å². The van der Waals surface area contributed by atoms with Crippen LogP contribution in [0, 0.1) is 5.92 Å². The van der Waals surface area contributed by atoms with E-state index >= 15 is 0 Å². The first kappa shape index (κ1) is 18.1. The normalized spacial score (nSPS) is 21.4. The van der Waals surface area contributed by atoms with Crippen molar-refractivity contribution in [2.24, 2.45) is 11.7 Å². The van der Waals surface area contributed by atoms with Crippen molar-refractivity contribution in [2.75, 3.05) is 13.2 Å². The smallest absolute Gasteiger partial charge is 0.416 e. The van der Waals surface area contributed by atoms with Gasteiger partial charge < -0.3 is 15.4 Å². The molecule has 1 fully saturated rings. The predicted octanol–water partition coefficient (Wildman–Crippen LogP) is 2.20. The maximum atomic E-state index is 12.5. The number of piperidine rings is 1. The summed E-state index contributed by atoms with van der Waals surface area (Å²) >= 11 is 0. The van der Waals surface area contributed by atoms with Gasteiger partial charge in [0.1, 0.15) is 5.75 Å². The van der Waals surface area contributed by atoms with E-state index in [0.29, 0.717) is 12.8 Å². The molecule has 2 atom stereocenters. The lowest BCUT2D eigenvalue weighted by Crippen LogP contribution is -2.50. The zero-order valence-corrected chi connectivity index (χ0v) is 13.2. The Balaban J connectivity index is 1.93. The molecule has 24 heavy (non-hydrogen) atoms. The lowest BCUT2D eigenvalue weighted by molar-refractivity contribution is -0.140. The number of benzene rings is 1. The van der Waals surface area contributed by atoms with E-state index in [-0.39, 0.29) is 36.8 Å². The quantitative estimate of drug-likeness (QED) is 0.910. The molecule has 0 aromatic heterocycles. The van der Waals surface area contributed by atoms with E-state index in [2.05, 4.69) is 0 Å². The molecule has 5 nitrogen and oxygen atoms in total. The zero-order chi connectivity index (χ0) is 17.9. The maximum absolute atomic E-state index is 12.5. The molecule has 0 unspecified atom stereocenters. The Kier molecular flexibility index (Phi) is 5.36. The molecule has 2 N–H and O–H groups in total. The minimum atomic E-state index is -4.42. The molecule has 0 radical (unpaired) electrons. The first-order valence-electron chi connectivity index (χ1n) is 7.57. The van der Waals surface area contributed by atoms with Crippen LogP contribution < -0.4 is 10.5 Å². The summed E-state index contributed by atoms with van der Waals surface area (Å²) in [4.78, 5) is 25.1. The van der Waals surface area contributed by atoms with Crippen molar-refractivity contribution in [2.45, 2.75) is 32.0 Å². The average molecular weight is 344 g/mol. The minimum Gasteiger partial charge on any atom is -0.484 e. The molecule has 1 aromatic rings. The highest BCUT2D eigenvalue weighted by molar-refractivity contribution is 5.81. The van der Waals surface area contributed by atoms with Gasteiger partial charge in [-0.3, -0.25) is 9.59 Å². The van der Waals surface area contributed by atoms with Crippen LogP contribution in [0.4, 0.5) is 13.2 Å². The first-order valence-corrected chi connectivity index (χ1v) is 7.57. The number of rotatable bonds is 4. The summed E-state index contributed by atoms with van der Waals surface area (Å²) in [5.41, 5.74) is 4.51. The van der Waals surface area contributed by atoms with Crippen LogP contribution in [0.1, 0.15) is 25.3 Å². The van der Waals surface area contributed by atoms with Gasteiger partial charge in [0.15, 0.2) is 6.61 Å². The fraction of sp³-hybridized carbons (Fsp3) is 0.500. The Morgan fingerprint density at radius 1 is 1.25 bits per heavy atom. The fourth-order valence-electron chi connectivity index (χ4n) is 2.65. The van der Waals surface area contributed by atoms with Crippen molar-refractivity contribution < 1.29 is 27.5 Å². The summed E-state index contributed by atoms with van der Waals surface area (Å²) in [6, 6.07) is 4.09. The van der Waals surface area contributed by atoms with Crippen LogP contribution in [0.25, 0.3) is 0 Å². The lowest BCUT2D eigenvalue weighted by Gasteiger charge is -2.36. The summed E-state index contributed by atoms with van der Waals surface area (Å²) < 4.78 is 42.7. The van der Waals surface area contributed by atoms with Gasteiger partial charge in [0.25, 0.3) is 5.91 Å². The summed E-state index contributed by atoms with van der Waals surface area (Å²) in [6.45, 7) is 1.81. The van der Waals surface area contributed by atoms with Gasteiger partial charge in [-0.2, -0.15) is 13.2 Å². The van der Waals surface area contributed by atoms with Crippen molar-refractivity contribution in [3.63, 3.8) is 0 Å². The van der Waals surface area contributed by atoms with Crippen LogP contribution >= 0.6 is 0 Å². The molecule has 8 heteroatoms. The molecule has 0 aliphatic carbocycles. The molecule has 2 rings (SSSR count). The third-order valence-corrected chi connectivity index (χ3v) is 4.15. The second-order valence-corrected chi connectivity index (χ2v) is 5.88. The largest absolute Gasteiger partial charge is 0.484 e. The van der Waals surface area contributed by atoms with Gasteiger partial charge in [0, 0.05) is 12.6 Å². The fourth-order valence-corrected chi connectivity index (χ4v) is 2.65. The summed E-state index contributed by atoms with van der Waals surface area (Å²) in [6.07, 6.45) is -3.11. The molecule has 132 valence electrons. The van der Waals surface area contributed by atoms with Gasteiger partial charge in [-0.15, -0.1) is 0 Å². The second kappa shape index (κ2) is 7.11. The number of nitrogens with two attached hydrogens (primary N) is 1. The van der Waals surface area contributed by atoms with E-state index in [4.69, 9.17) is 10.5 Å². The number of likely N-dealkylation sites (tertiary alicyclic amines) is 1. The van der Waals surface area contributed by atoms with Crippen LogP contribution in [-0.4, -0.2) is 35.9 Å². The van der Waals surface area contributed by atoms with Crippen LogP contribution in [0.15, 0.2) is 24.3 Å². The molecule has 1 aliphatic heterocycles. The molecular formula is C16H19F3N2O3. The van der Waals surface area contributed by atoms with Gasteiger partial charge in [-0.05, 0) is 44.0 Å². The molecule has 2 amide bonds. The third kappa shape index (κ3) is 4.39. The van der Waals surface area contributed by atoms with Crippen LogP contribution in [0.2, 0.25) is 0 Å². The highest BCUT2D eigenvalue weighted by Gasteiger charge is 2.32. The Bertz CT molecular complexity index is 602. The van der Waals surface area contributed by atoms with E-state index in [1.165, 1.54) is 17.0 Å². The number of primary amides is 1. The van der Waals surface area contributed by atoms with Crippen LogP contribution in [0.3, 0.4) is 0 Å². The topological polar surface area (TPSA) is 72.6 Å². The monoisotopic (exact) mass is 344 g/mol. The van der Waals surface area contributed by atoms with Gasteiger partial charge in [-0.25, -0.2) is 0 Å². The molecule has 1 aromatic carbocycles. The summed E-state index contributed by atoms with van der Waals surface area (Å²) in [7, 11) is 0. The van der Waals surface area contributed by atoms with Crippen LogP contribution in [-0.2, 0) is 15.8 Å². The number of amides is 2. The predicted molar refractivity (Wildman–Crippen MR) is 80.0 cm³/mol. The third-order valence-electron chi connectivity index (χ3n) is 4.15. The molecule has 0 spiro atoms. The number of nitrogens with zero attached hydrogens (tertiary/aromatic N) is 1. The van der Waals surface area contributed by atoms with Gasteiger partial charge >= 0.3 is 6.18 Å². The highest BCUT2D eigenvalue weighted by Crippen LogP contribution is 2.30. The molecule has 1 saturated heterocycles. The standard InChI is InChI=1S/C16H19F3N2O3/c1-10-2-3-11(15(20)23)8-21(10)14(22)9-24-13-6-4-12(5-7-13)16(17,18)19/h4-7,10-11H,2-3,8-9H2,1H3,(H2,20,23)/t10-,11+/m0/s1. The number of carbonyl (C=O) groups is 2. The van der Waals surface area contributed by atoms with E-state index in [9.17, 15) is 22.8 Å².